The molecule has 1 spiro atoms. The summed E-state index contributed by atoms with van der Waals surface area (Å²) < 4.78 is 1.21. The van der Waals surface area contributed by atoms with Gasteiger partial charge in [0.25, 0.3) is 5.56 Å². The van der Waals surface area contributed by atoms with E-state index in [1.54, 1.807) is 11.8 Å². The van der Waals surface area contributed by atoms with Crippen molar-refractivity contribution in [3.8, 4) is 0 Å². The van der Waals surface area contributed by atoms with Crippen LogP contribution in [0, 0.1) is 12.3 Å². The predicted molar refractivity (Wildman–Crippen MR) is 99.4 cm³/mol. The lowest BCUT2D eigenvalue weighted by Gasteiger charge is -2.40. The summed E-state index contributed by atoms with van der Waals surface area (Å²) in [4.78, 5) is 52.4. The maximum atomic E-state index is 12.6. The van der Waals surface area contributed by atoms with Crippen molar-refractivity contribution in [1.82, 2.24) is 25.1 Å². The van der Waals surface area contributed by atoms with Gasteiger partial charge in [-0.25, -0.2) is 4.79 Å². The van der Waals surface area contributed by atoms with Gasteiger partial charge >= 0.3 is 5.69 Å². The summed E-state index contributed by atoms with van der Waals surface area (Å²) in [5.41, 5.74) is -1.33. The first-order chi connectivity index (χ1) is 12.6. The molecule has 0 atom stereocenters. The van der Waals surface area contributed by atoms with Gasteiger partial charge in [-0.3, -0.25) is 23.9 Å². The zero-order valence-electron chi connectivity index (χ0n) is 16.1. The number of carbonyl (C=O) groups excluding carboxylic acids is 2. The van der Waals surface area contributed by atoms with E-state index >= 15 is 0 Å². The van der Waals surface area contributed by atoms with Crippen molar-refractivity contribution < 1.29 is 9.59 Å². The number of hydrogen-bond donors (Lipinski definition) is 3. The maximum Gasteiger partial charge on any atom is 0.328 e. The quantitative estimate of drug-likeness (QED) is 0.608. The minimum atomic E-state index is -0.643. The van der Waals surface area contributed by atoms with Crippen LogP contribution in [0.3, 0.4) is 0 Å². The van der Waals surface area contributed by atoms with Gasteiger partial charge in [-0.2, -0.15) is 0 Å². The zero-order chi connectivity index (χ0) is 19.8. The third kappa shape index (κ3) is 3.97. The van der Waals surface area contributed by atoms with Gasteiger partial charge in [-0.05, 0) is 25.2 Å². The van der Waals surface area contributed by atoms with Crippen LogP contribution in [0.2, 0.25) is 0 Å². The average molecular weight is 377 g/mol. The number of H-pyrrole nitrogens is 1. The summed E-state index contributed by atoms with van der Waals surface area (Å²) >= 11 is 0. The van der Waals surface area contributed by atoms with Gasteiger partial charge in [-0.15, -0.1) is 0 Å². The van der Waals surface area contributed by atoms with Crippen molar-refractivity contribution >= 4 is 11.8 Å². The van der Waals surface area contributed by atoms with Crippen LogP contribution in [0.15, 0.2) is 15.8 Å². The van der Waals surface area contributed by atoms with Crippen molar-refractivity contribution in [2.75, 3.05) is 26.2 Å². The van der Waals surface area contributed by atoms with Crippen molar-refractivity contribution in [2.45, 2.75) is 45.7 Å². The first-order valence-corrected chi connectivity index (χ1v) is 9.23. The Morgan fingerprint density at radius 2 is 1.81 bits per heavy atom. The van der Waals surface area contributed by atoms with E-state index in [4.69, 9.17) is 0 Å². The number of rotatable bonds is 2. The maximum absolute atomic E-state index is 12.6. The molecule has 9 nitrogen and oxygen atoms in total. The van der Waals surface area contributed by atoms with Crippen molar-refractivity contribution in [3.05, 3.63) is 32.6 Å². The topological polar surface area (TPSA) is 116 Å². The van der Waals surface area contributed by atoms with Crippen LogP contribution in [-0.2, 0) is 16.1 Å². The fraction of sp³-hybridized carbons (Fsp3) is 0.667. The van der Waals surface area contributed by atoms with E-state index in [0.29, 0.717) is 38.0 Å². The molecule has 0 aromatic carbocycles. The molecule has 2 fully saturated rings. The molecular formula is C18H27N5O4. The molecule has 3 heterocycles. The summed E-state index contributed by atoms with van der Waals surface area (Å²) in [6.45, 7) is 7.89. The summed E-state index contributed by atoms with van der Waals surface area (Å²) in [6.07, 6.45) is 2.45. The fourth-order valence-corrected chi connectivity index (χ4v) is 3.56. The van der Waals surface area contributed by atoms with Crippen LogP contribution in [0.25, 0.3) is 0 Å². The largest absolute Gasteiger partial charge is 0.354 e. The molecule has 1 aromatic rings. The Kier molecular flexibility index (Phi) is 4.98. The van der Waals surface area contributed by atoms with Crippen molar-refractivity contribution in [2.24, 2.45) is 5.41 Å². The number of likely N-dealkylation sites (tertiary alicyclic amines) is 1. The van der Waals surface area contributed by atoms with E-state index in [1.807, 2.05) is 0 Å². The van der Waals surface area contributed by atoms with Gasteiger partial charge in [0, 0.05) is 37.9 Å². The standard InChI is InChI=1S/C18H27N5O4/c1-12-8-23(16(27)21-14(12)25)9-13(24)22-6-4-18(5-7-22)15(26)19-10-17(2,3)11-20-18/h8,20H,4-7,9-11H2,1-3H3,(H,19,26)(H,21,25,27). The summed E-state index contributed by atoms with van der Waals surface area (Å²) in [6, 6.07) is 0. The van der Waals surface area contributed by atoms with E-state index in [1.165, 1.54) is 10.8 Å². The molecule has 2 saturated heterocycles. The summed E-state index contributed by atoms with van der Waals surface area (Å²) in [7, 11) is 0. The predicted octanol–water partition coefficient (Wildman–Crippen LogP) is -1.05. The molecular weight excluding hydrogens is 350 g/mol. The SMILES string of the molecule is Cc1cn(CC(=O)N2CCC3(CC2)NCC(C)(C)CNC3=O)c(=O)[nH]c1=O. The third-order valence-electron chi connectivity index (χ3n) is 5.53. The smallest absolute Gasteiger partial charge is 0.328 e. The first-order valence-electron chi connectivity index (χ1n) is 9.23. The molecule has 3 N–H and O–H groups in total. The van der Waals surface area contributed by atoms with E-state index in [-0.39, 0.29) is 23.8 Å². The highest BCUT2D eigenvalue weighted by Crippen LogP contribution is 2.27. The van der Waals surface area contributed by atoms with Crippen LogP contribution in [-0.4, -0.2) is 58.0 Å². The number of nitrogens with zero attached hydrogens (tertiary/aromatic N) is 2. The van der Waals surface area contributed by atoms with Gasteiger partial charge in [0.2, 0.25) is 11.8 Å². The number of aryl methyl sites for hydroxylation is 1. The highest BCUT2D eigenvalue weighted by Gasteiger charge is 2.44. The van der Waals surface area contributed by atoms with Crippen LogP contribution < -0.4 is 21.9 Å². The van der Waals surface area contributed by atoms with E-state index in [9.17, 15) is 19.2 Å². The Bertz CT molecular complexity index is 861. The number of carbonyl (C=O) groups is 2. The molecule has 0 unspecified atom stereocenters. The third-order valence-corrected chi connectivity index (χ3v) is 5.53. The second-order valence-corrected chi connectivity index (χ2v) is 8.36. The van der Waals surface area contributed by atoms with Crippen molar-refractivity contribution in [1.29, 1.82) is 0 Å². The molecule has 2 aliphatic heterocycles. The molecule has 0 saturated carbocycles. The second kappa shape index (κ2) is 6.95. The number of aromatic nitrogens is 2. The Morgan fingerprint density at radius 3 is 2.48 bits per heavy atom. The summed E-state index contributed by atoms with van der Waals surface area (Å²) in [5, 5.41) is 6.44. The normalized spacial score (nSPS) is 21.6. The molecule has 0 bridgehead atoms. The van der Waals surface area contributed by atoms with Gasteiger partial charge < -0.3 is 15.5 Å². The molecule has 9 heteroatoms. The minimum Gasteiger partial charge on any atom is -0.354 e. The van der Waals surface area contributed by atoms with Crippen LogP contribution in [0.4, 0.5) is 0 Å². The molecule has 2 aliphatic rings. The fourth-order valence-electron chi connectivity index (χ4n) is 3.56. The highest BCUT2D eigenvalue weighted by molar-refractivity contribution is 5.87. The van der Waals surface area contributed by atoms with E-state index < -0.39 is 16.8 Å². The first kappa shape index (κ1) is 19.3. The van der Waals surface area contributed by atoms with E-state index in [2.05, 4.69) is 29.5 Å². The number of hydrogen-bond acceptors (Lipinski definition) is 5. The average Bonchev–Trinajstić information content (AvgIpc) is 2.72. The van der Waals surface area contributed by atoms with Gasteiger partial charge in [-0.1, -0.05) is 13.8 Å². The lowest BCUT2D eigenvalue weighted by molar-refractivity contribution is -0.137. The Hall–Kier alpha value is -2.42. The van der Waals surface area contributed by atoms with Crippen LogP contribution in [0.1, 0.15) is 32.3 Å². The van der Waals surface area contributed by atoms with Gasteiger partial charge in [0.15, 0.2) is 0 Å². The molecule has 1 aromatic heterocycles. The minimum absolute atomic E-state index is 0.00680. The Morgan fingerprint density at radius 1 is 1.15 bits per heavy atom. The van der Waals surface area contributed by atoms with E-state index in [0.717, 1.165) is 6.54 Å². The highest BCUT2D eigenvalue weighted by atomic mass is 16.2. The second-order valence-electron chi connectivity index (χ2n) is 8.36. The number of nitrogens with one attached hydrogen (secondary N) is 3. The molecule has 148 valence electrons. The molecule has 0 radical (unpaired) electrons. The monoisotopic (exact) mass is 377 g/mol. The van der Waals surface area contributed by atoms with Gasteiger partial charge in [0.05, 0.1) is 0 Å². The lowest BCUT2D eigenvalue weighted by atomic mass is 9.86. The summed E-state index contributed by atoms with van der Waals surface area (Å²) in [5.74, 6) is -0.208. The van der Waals surface area contributed by atoms with Crippen LogP contribution >= 0.6 is 0 Å². The zero-order valence-corrected chi connectivity index (χ0v) is 16.1. The Labute approximate surface area is 157 Å². The molecule has 3 rings (SSSR count). The van der Waals surface area contributed by atoms with Crippen LogP contribution in [0.5, 0.6) is 0 Å². The van der Waals surface area contributed by atoms with Gasteiger partial charge in [0.1, 0.15) is 12.1 Å². The lowest BCUT2D eigenvalue weighted by Crippen LogP contribution is -2.61. The Balaban J connectivity index is 1.66. The number of piperidine rings is 1. The molecule has 27 heavy (non-hydrogen) atoms. The van der Waals surface area contributed by atoms with Crippen molar-refractivity contribution in [3.63, 3.8) is 0 Å². The number of aromatic amines is 1. The molecule has 0 aliphatic carbocycles. The number of amides is 2. The molecule has 2 amide bonds.